The van der Waals surface area contributed by atoms with Crippen LogP contribution in [-0.2, 0) is 16.6 Å². The number of sulfonamides is 1. The Hall–Kier alpha value is -2.22. The average molecular weight is 373 g/mol. The number of nitrogens with two attached hydrogens (primary N) is 1. The Morgan fingerprint density at radius 1 is 1.04 bits per heavy atom. The first-order chi connectivity index (χ1) is 12.5. The Kier molecular flexibility index (Phi) is 5.70. The molecule has 6 nitrogen and oxygen atoms in total. The van der Waals surface area contributed by atoms with E-state index in [-0.39, 0.29) is 10.8 Å². The van der Waals surface area contributed by atoms with Crippen LogP contribution in [-0.4, -0.2) is 31.7 Å². The summed E-state index contributed by atoms with van der Waals surface area (Å²) in [6.07, 6.45) is 2.83. The molecule has 2 aromatic rings. The van der Waals surface area contributed by atoms with Gasteiger partial charge >= 0.3 is 0 Å². The number of amides is 1. The maximum Gasteiger partial charge on any atom is 0.255 e. The molecule has 1 amide bonds. The predicted octanol–water partition coefficient (Wildman–Crippen LogP) is 2.57. The Bertz CT molecular complexity index is 873. The lowest BCUT2D eigenvalue weighted by molar-refractivity contribution is 0.102. The zero-order valence-electron chi connectivity index (χ0n) is 14.5. The summed E-state index contributed by atoms with van der Waals surface area (Å²) in [4.78, 5) is 12.6. The molecule has 1 aliphatic rings. The Morgan fingerprint density at radius 2 is 1.73 bits per heavy atom. The van der Waals surface area contributed by atoms with E-state index in [1.807, 2.05) is 0 Å². The highest BCUT2D eigenvalue weighted by Crippen LogP contribution is 2.23. The molecule has 3 N–H and O–H groups in total. The molecule has 2 aromatic carbocycles. The van der Waals surface area contributed by atoms with Gasteiger partial charge in [0.05, 0.1) is 4.90 Å². The molecule has 0 spiro atoms. The minimum absolute atomic E-state index is 0.204. The van der Waals surface area contributed by atoms with Gasteiger partial charge in [-0.1, -0.05) is 24.6 Å². The fraction of sp³-hybridized carbons (Fsp3) is 0.316. The number of carbonyl (C=O) groups excluding carboxylic acids is 1. The van der Waals surface area contributed by atoms with E-state index in [1.54, 1.807) is 42.5 Å². The van der Waals surface area contributed by atoms with Gasteiger partial charge in [-0.2, -0.15) is 4.31 Å². The molecule has 1 heterocycles. The van der Waals surface area contributed by atoms with Gasteiger partial charge in [-0.15, -0.1) is 0 Å². The van der Waals surface area contributed by atoms with Crippen molar-refractivity contribution in [2.24, 2.45) is 5.73 Å². The number of rotatable bonds is 5. The van der Waals surface area contributed by atoms with Crippen LogP contribution in [0.2, 0.25) is 0 Å². The first-order valence-corrected chi connectivity index (χ1v) is 10.2. The van der Waals surface area contributed by atoms with Crippen molar-refractivity contribution < 1.29 is 13.2 Å². The maximum atomic E-state index is 12.8. The summed E-state index contributed by atoms with van der Waals surface area (Å²) in [7, 11) is -3.53. The Morgan fingerprint density at radius 3 is 2.38 bits per heavy atom. The number of carbonyl (C=O) groups is 1. The van der Waals surface area contributed by atoms with Crippen LogP contribution >= 0.6 is 0 Å². The quantitative estimate of drug-likeness (QED) is 0.842. The third-order valence-electron chi connectivity index (χ3n) is 4.50. The molecule has 138 valence electrons. The summed E-state index contributed by atoms with van der Waals surface area (Å²) < 4.78 is 27.1. The maximum absolute atomic E-state index is 12.8. The number of piperidine rings is 1. The van der Waals surface area contributed by atoms with Crippen molar-refractivity contribution in [3.05, 3.63) is 59.7 Å². The summed E-state index contributed by atoms with van der Waals surface area (Å²) in [5.41, 5.74) is 7.44. The van der Waals surface area contributed by atoms with Crippen LogP contribution < -0.4 is 11.1 Å². The highest BCUT2D eigenvalue weighted by molar-refractivity contribution is 7.89. The van der Waals surface area contributed by atoms with E-state index >= 15 is 0 Å². The first-order valence-electron chi connectivity index (χ1n) is 8.71. The highest BCUT2D eigenvalue weighted by atomic mass is 32.2. The van der Waals surface area contributed by atoms with Crippen LogP contribution in [0, 0.1) is 0 Å². The van der Waals surface area contributed by atoms with Crippen molar-refractivity contribution >= 4 is 21.6 Å². The molecular formula is C19H23N3O3S. The van der Waals surface area contributed by atoms with Crippen LogP contribution in [0.4, 0.5) is 5.69 Å². The molecule has 7 heteroatoms. The van der Waals surface area contributed by atoms with Gasteiger partial charge in [-0.05, 0) is 48.7 Å². The molecule has 0 bridgehead atoms. The van der Waals surface area contributed by atoms with E-state index in [9.17, 15) is 13.2 Å². The van der Waals surface area contributed by atoms with Crippen LogP contribution in [0.5, 0.6) is 0 Å². The summed E-state index contributed by atoms with van der Waals surface area (Å²) in [6, 6.07) is 13.4. The second kappa shape index (κ2) is 7.99. The fourth-order valence-electron chi connectivity index (χ4n) is 2.98. The van der Waals surface area contributed by atoms with E-state index < -0.39 is 10.0 Å². The van der Waals surface area contributed by atoms with E-state index in [0.29, 0.717) is 30.9 Å². The van der Waals surface area contributed by atoms with Gasteiger partial charge in [-0.3, -0.25) is 4.79 Å². The molecule has 0 saturated carbocycles. The molecule has 0 atom stereocenters. The minimum atomic E-state index is -3.53. The van der Waals surface area contributed by atoms with Crippen molar-refractivity contribution in [3.63, 3.8) is 0 Å². The van der Waals surface area contributed by atoms with Crippen molar-refractivity contribution in [2.75, 3.05) is 18.4 Å². The number of hydrogen-bond acceptors (Lipinski definition) is 4. The van der Waals surface area contributed by atoms with Crippen LogP contribution in [0.25, 0.3) is 0 Å². The van der Waals surface area contributed by atoms with E-state index in [0.717, 1.165) is 24.8 Å². The van der Waals surface area contributed by atoms with Gasteiger partial charge in [-0.25, -0.2) is 8.42 Å². The second-order valence-electron chi connectivity index (χ2n) is 6.35. The van der Waals surface area contributed by atoms with Crippen LogP contribution in [0.1, 0.15) is 35.2 Å². The van der Waals surface area contributed by atoms with Crippen LogP contribution in [0.15, 0.2) is 53.4 Å². The first kappa shape index (κ1) is 18.6. The molecule has 26 heavy (non-hydrogen) atoms. The van der Waals surface area contributed by atoms with Gasteiger partial charge in [0.25, 0.3) is 5.91 Å². The number of nitrogens with zero attached hydrogens (tertiary/aromatic N) is 1. The summed E-state index contributed by atoms with van der Waals surface area (Å²) in [6.45, 7) is 1.51. The third kappa shape index (κ3) is 4.12. The average Bonchev–Trinajstić information content (AvgIpc) is 2.69. The molecular weight excluding hydrogens is 350 g/mol. The number of anilines is 1. The molecule has 1 saturated heterocycles. The molecule has 1 fully saturated rings. The Labute approximate surface area is 154 Å². The lowest BCUT2D eigenvalue weighted by Gasteiger charge is -2.26. The van der Waals surface area contributed by atoms with Crippen molar-refractivity contribution in [2.45, 2.75) is 30.7 Å². The van der Waals surface area contributed by atoms with Gasteiger partial charge < -0.3 is 11.1 Å². The standard InChI is InChI=1S/C19H23N3O3S/c20-14-15-7-9-16(10-8-15)19(23)21-17-5-4-6-18(13-17)26(24,25)22-11-2-1-3-12-22/h4-10,13H,1-3,11-12,14,20H2,(H,21,23). The molecule has 0 radical (unpaired) electrons. The zero-order chi connectivity index (χ0) is 18.6. The SMILES string of the molecule is NCc1ccc(C(=O)Nc2cccc(S(=O)(=O)N3CCCCC3)c2)cc1. The summed E-state index contributed by atoms with van der Waals surface area (Å²) >= 11 is 0. The molecule has 0 aliphatic carbocycles. The zero-order valence-corrected chi connectivity index (χ0v) is 15.3. The minimum Gasteiger partial charge on any atom is -0.326 e. The number of benzene rings is 2. The van der Waals surface area contributed by atoms with Gasteiger partial charge in [0.15, 0.2) is 0 Å². The molecule has 0 unspecified atom stereocenters. The highest BCUT2D eigenvalue weighted by Gasteiger charge is 2.26. The van der Waals surface area contributed by atoms with E-state index in [4.69, 9.17) is 5.73 Å². The summed E-state index contributed by atoms with van der Waals surface area (Å²) in [5.74, 6) is -0.291. The van der Waals surface area contributed by atoms with E-state index in [1.165, 1.54) is 10.4 Å². The third-order valence-corrected chi connectivity index (χ3v) is 6.39. The van der Waals surface area contributed by atoms with Crippen molar-refractivity contribution in [1.29, 1.82) is 0 Å². The normalized spacial score (nSPS) is 15.6. The van der Waals surface area contributed by atoms with Gasteiger partial charge in [0, 0.05) is 30.9 Å². The molecule has 3 rings (SSSR count). The lowest BCUT2D eigenvalue weighted by atomic mass is 10.1. The topological polar surface area (TPSA) is 92.5 Å². The monoisotopic (exact) mass is 373 g/mol. The van der Waals surface area contributed by atoms with E-state index in [2.05, 4.69) is 5.32 Å². The largest absolute Gasteiger partial charge is 0.326 e. The predicted molar refractivity (Wildman–Crippen MR) is 101 cm³/mol. The Balaban J connectivity index is 1.77. The van der Waals surface area contributed by atoms with Crippen LogP contribution in [0.3, 0.4) is 0 Å². The summed E-state index contributed by atoms with van der Waals surface area (Å²) in [5, 5.41) is 2.76. The van der Waals surface area contributed by atoms with Crippen molar-refractivity contribution in [3.8, 4) is 0 Å². The van der Waals surface area contributed by atoms with Gasteiger partial charge in [0.2, 0.25) is 10.0 Å². The van der Waals surface area contributed by atoms with Gasteiger partial charge in [0.1, 0.15) is 0 Å². The number of hydrogen-bond donors (Lipinski definition) is 2. The lowest BCUT2D eigenvalue weighted by Crippen LogP contribution is -2.35. The van der Waals surface area contributed by atoms with Crippen molar-refractivity contribution in [1.82, 2.24) is 4.31 Å². The fourth-order valence-corrected chi connectivity index (χ4v) is 4.55. The number of nitrogens with one attached hydrogen (secondary N) is 1. The second-order valence-corrected chi connectivity index (χ2v) is 8.29. The molecule has 1 aliphatic heterocycles. The molecule has 0 aromatic heterocycles. The smallest absolute Gasteiger partial charge is 0.255 e.